The molecule has 0 spiro atoms. The predicted octanol–water partition coefficient (Wildman–Crippen LogP) is 2.95. The molecule has 2 aromatic rings. The maximum Gasteiger partial charge on any atom is 0.252 e. The van der Waals surface area contributed by atoms with E-state index in [1.807, 2.05) is 34.7 Å². The molecule has 1 amide bonds. The fourth-order valence-electron chi connectivity index (χ4n) is 3.72. The lowest BCUT2D eigenvalue weighted by molar-refractivity contribution is -0.142. The highest BCUT2D eigenvalue weighted by atomic mass is 32.2. The number of carbonyl (C=O) groups is 1. The highest BCUT2D eigenvalue weighted by Crippen LogP contribution is 2.34. The van der Waals surface area contributed by atoms with Crippen LogP contribution >= 0.6 is 11.8 Å². The first-order valence-corrected chi connectivity index (χ1v) is 10.2. The van der Waals surface area contributed by atoms with E-state index < -0.39 is 0 Å². The summed E-state index contributed by atoms with van der Waals surface area (Å²) in [4.78, 5) is 14.7. The minimum atomic E-state index is -0.268. The maximum absolute atomic E-state index is 12.8. The number of benzene rings is 1. The number of likely N-dealkylation sites (tertiary alicyclic amines) is 1. The van der Waals surface area contributed by atoms with Crippen molar-refractivity contribution in [2.45, 2.75) is 48.7 Å². The number of hydrogen-bond donors (Lipinski definition) is 0. The SMILES string of the molecule is Cn1c(SCc2ccccc2)nnc1[C@@H]1CCCN1C(=O)[C@@H]1CCCO1. The van der Waals surface area contributed by atoms with Gasteiger partial charge in [0.25, 0.3) is 5.91 Å². The lowest BCUT2D eigenvalue weighted by Gasteiger charge is -2.26. The van der Waals surface area contributed by atoms with E-state index in [4.69, 9.17) is 4.74 Å². The first-order chi connectivity index (χ1) is 12.7. The summed E-state index contributed by atoms with van der Waals surface area (Å²) in [6, 6.07) is 10.4. The second kappa shape index (κ2) is 7.80. The first kappa shape index (κ1) is 17.5. The van der Waals surface area contributed by atoms with Crippen molar-refractivity contribution in [3.63, 3.8) is 0 Å². The zero-order chi connectivity index (χ0) is 17.9. The fourth-order valence-corrected chi connectivity index (χ4v) is 4.59. The van der Waals surface area contributed by atoms with Gasteiger partial charge in [-0.05, 0) is 31.2 Å². The summed E-state index contributed by atoms with van der Waals surface area (Å²) in [6.45, 7) is 1.47. The molecule has 3 heterocycles. The molecule has 26 heavy (non-hydrogen) atoms. The number of aromatic nitrogens is 3. The molecule has 2 aliphatic heterocycles. The Balaban J connectivity index is 1.47. The Bertz CT molecular complexity index is 758. The van der Waals surface area contributed by atoms with Crippen LogP contribution in [0, 0.1) is 0 Å². The highest BCUT2D eigenvalue weighted by Gasteiger charge is 2.38. The quantitative estimate of drug-likeness (QED) is 0.755. The van der Waals surface area contributed by atoms with E-state index in [-0.39, 0.29) is 18.1 Å². The van der Waals surface area contributed by atoms with Crippen LogP contribution in [-0.2, 0) is 22.3 Å². The van der Waals surface area contributed by atoms with Crippen LogP contribution in [0.25, 0.3) is 0 Å². The molecule has 1 aromatic carbocycles. The maximum atomic E-state index is 12.8. The van der Waals surface area contributed by atoms with Gasteiger partial charge in [0.1, 0.15) is 6.10 Å². The Morgan fingerprint density at radius 3 is 2.85 bits per heavy atom. The van der Waals surface area contributed by atoms with E-state index in [9.17, 15) is 4.79 Å². The van der Waals surface area contributed by atoms with Crippen LogP contribution in [0.5, 0.6) is 0 Å². The first-order valence-electron chi connectivity index (χ1n) is 9.22. The van der Waals surface area contributed by atoms with Gasteiger partial charge in [0.2, 0.25) is 0 Å². The molecule has 2 aliphatic rings. The third-order valence-electron chi connectivity index (χ3n) is 5.12. The van der Waals surface area contributed by atoms with Crippen LogP contribution in [0.2, 0.25) is 0 Å². The number of carbonyl (C=O) groups excluding carboxylic acids is 1. The molecule has 0 aliphatic carbocycles. The number of thioether (sulfide) groups is 1. The van der Waals surface area contributed by atoms with E-state index in [2.05, 4.69) is 22.3 Å². The lowest BCUT2D eigenvalue weighted by atomic mass is 10.1. The van der Waals surface area contributed by atoms with Gasteiger partial charge in [-0.2, -0.15) is 0 Å². The van der Waals surface area contributed by atoms with Crippen LogP contribution < -0.4 is 0 Å². The molecule has 138 valence electrons. The van der Waals surface area contributed by atoms with E-state index >= 15 is 0 Å². The van der Waals surface area contributed by atoms with Crippen molar-refractivity contribution in [3.05, 3.63) is 41.7 Å². The van der Waals surface area contributed by atoms with Crippen LogP contribution in [0.3, 0.4) is 0 Å². The van der Waals surface area contributed by atoms with Gasteiger partial charge in [-0.15, -0.1) is 10.2 Å². The summed E-state index contributed by atoms with van der Waals surface area (Å²) in [6.07, 6.45) is 3.48. The molecule has 0 bridgehead atoms. The molecule has 6 nitrogen and oxygen atoms in total. The van der Waals surface area contributed by atoms with Crippen molar-refractivity contribution < 1.29 is 9.53 Å². The van der Waals surface area contributed by atoms with Crippen LogP contribution in [-0.4, -0.2) is 44.8 Å². The van der Waals surface area contributed by atoms with Crippen molar-refractivity contribution in [1.82, 2.24) is 19.7 Å². The monoisotopic (exact) mass is 372 g/mol. The zero-order valence-corrected chi connectivity index (χ0v) is 15.8. The van der Waals surface area contributed by atoms with Gasteiger partial charge in [0.05, 0.1) is 6.04 Å². The predicted molar refractivity (Wildman–Crippen MR) is 99.7 cm³/mol. The summed E-state index contributed by atoms with van der Waals surface area (Å²) >= 11 is 1.68. The normalized spacial score (nSPS) is 22.9. The Hall–Kier alpha value is -1.86. The van der Waals surface area contributed by atoms with Crippen molar-refractivity contribution in [2.75, 3.05) is 13.2 Å². The Morgan fingerprint density at radius 1 is 1.23 bits per heavy atom. The number of ether oxygens (including phenoxy) is 1. The standard InChI is InChI=1S/C19H24N4O2S/c1-22-17(20-21-19(22)26-13-14-7-3-2-4-8-14)15-9-5-11-23(15)18(24)16-10-6-12-25-16/h2-4,7-8,15-16H,5-6,9-13H2,1H3/t15-,16-/m0/s1. The second-order valence-corrected chi connectivity index (χ2v) is 7.81. The van der Waals surface area contributed by atoms with Gasteiger partial charge in [-0.3, -0.25) is 4.79 Å². The molecule has 0 radical (unpaired) electrons. The molecule has 0 N–H and O–H groups in total. The molecule has 2 fully saturated rings. The number of amides is 1. The molecule has 7 heteroatoms. The van der Waals surface area contributed by atoms with Crippen molar-refractivity contribution in [1.29, 1.82) is 0 Å². The van der Waals surface area contributed by atoms with Gasteiger partial charge >= 0.3 is 0 Å². The summed E-state index contributed by atoms with van der Waals surface area (Å²) in [5.41, 5.74) is 1.26. The number of nitrogens with zero attached hydrogens (tertiary/aromatic N) is 4. The van der Waals surface area contributed by atoms with E-state index in [0.29, 0.717) is 6.61 Å². The molecule has 0 saturated carbocycles. The topological polar surface area (TPSA) is 60.2 Å². The largest absolute Gasteiger partial charge is 0.368 e. The number of rotatable bonds is 5. The molecular formula is C19H24N4O2S. The number of hydrogen-bond acceptors (Lipinski definition) is 5. The molecule has 2 saturated heterocycles. The molecule has 4 rings (SSSR count). The molecule has 2 atom stereocenters. The van der Waals surface area contributed by atoms with Gasteiger partial charge in [0, 0.05) is 26.0 Å². The van der Waals surface area contributed by atoms with Crippen molar-refractivity contribution in [3.8, 4) is 0 Å². The minimum absolute atomic E-state index is 0.00951. The fraction of sp³-hybridized carbons (Fsp3) is 0.526. The minimum Gasteiger partial charge on any atom is -0.368 e. The van der Waals surface area contributed by atoms with Crippen LogP contribution in [0.1, 0.15) is 43.1 Å². The third-order valence-corrected chi connectivity index (χ3v) is 6.21. The smallest absolute Gasteiger partial charge is 0.252 e. The second-order valence-electron chi connectivity index (χ2n) is 6.87. The van der Waals surface area contributed by atoms with E-state index in [1.165, 1.54) is 5.56 Å². The summed E-state index contributed by atoms with van der Waals surface area (Å²) in [7, 11) is 2.00. The van der Waals surface area contributed by atoms with Gasteiger partial charge in [-0.25, -0.2) is 0 Å². The average Bonchev–Trinajstić information content (AvgIpc) is 3.41. The Kier molecular flexibility index (Phi) is 5.26. The lowest BCUT2D eigenvalue weighted by Crippen LogP contribution is -2.39. The summed E-state index contributed by atoms with van der Waals surface area (Å²) in [5, 5.41) is 9.69. The molecular weight excluding hydrogens is 348 g/mol. The van der Waals surface area contributed by atoms with Gasteiger partial charge in [-0.1, -0.05) is 42.1 Å². The molecule has 0 unspecified atom stereocenters. The van der Waals surface area contributed by atoms with E-state index in [1.54, 1.807) is 11.8 Å². The third kappa shape index (κ3) is 3.50. The highest BCUT2D eigenvalue weighted by molar-refractivity contribution is 7.98. The average molecular weight is 372 g/mol. The van der Waals surface area contributed by atoms with Crippen LogP contribution in [0.15, 0.2) is 35.5 Å². The Morgan fingerprint density at radius 2 is 2.08 bits per heavy atom. The van der Waals surface area contributed by atoms with Gasteiger partial charge in [0.15, 0.2) is 11.0 Å². The zero-order valence-electron chi connectivity index (χ0n) is 15.0. The van der Waals surface area contributed by atoms with Crippen LogP contribution in [0.4, 0.5) is 0 Å². The summed E-state index contributed by atoms with van der Waals surface area (Å²) < 4.78 is 7.64. The Labute approximate surface area is 157 Å². The molecule has 1 aromatic heterocycles. The van der Waals surface area contributed by atoms with Crippen molar-refractivity contribution >= 4 is 17.7 Å². The summed E-state index contributed by atoms with van der Waals surface area (Å²) in [5.74, 6) is 1.85. The van der Waals surface area contributed by atoms with E-state index in [0.717, 1.165) is 49.0 Å². The van der Waals surface area contributed by atoms with Crippen molar-refractivity contribution in [2.24, 2.45) is 7.05 Å². The van der Waals surface area contributed by atoms with Gasteiger partial charge < -0.3 is 14.2 Å².